The predicted octanol–water partition coefficient (Wildman–Crippen LogP) is -0.745. The number of aromatic nitrogens is 1. The minimum absolute atomic E-state index is 0.109. The van der Waals surface area contributed by atoms with E-state index in [9.17, 15) is 15.0 Å². The van der Waals surface area contributed by atoms with Crippen LogP contribution in [0.3, 0.4) is 0 Å². The molecule has 0 spiro atoms. The van der Waals surface area contributed by atoms with Crippen LogP contribution in [0.5, 0.6) is 0 Å². The molecular weight excluding hydrogens is 214 g/mol. The fourth-order valence-electron chi connectivity index (χ4n) is 1.25. The highest BCUT2D eigenvalue weighted by atomic mass is 16.5. The van der Waals surface area contributed by atoms with E-state index in [4.69, 9.17) is 5.11 Å². The van der Waals surface area contributed by atoms with Crippen LogP contribution < -0.4 is 0 Å². The van der Waals surface area contributed by atoms with Crippen LogP contribution in [0.25, 0.3) is 0 Å². The standard InChI is InChI=1S/C10H13NO5/c1-16-10(15)6-2-3-11-4-7(6)9(14)8(13)5-12/h2-4,8-9,12-14H,5H2,1H3. The first kappa shape index (κ1) is 12.6. The minimum atomic E-state index is -1.38. The van der Waals surface area contributed by atoms with Crippen LogP contribution in [0.2, 0.25) is 0 Å². The van der Waals surface area contributed by atoms with E-state index in [1.807, 2.05) is 0 Å². The lowest BCUT2D eigenvalue weighted by molar-refractivity contribution is -0.0160. The van der Waals surface area contributed by atoms with Crippen molar-refractivity contribution in [2.45, 2.75) is 12.2 Å². The molecule has 0 aliphatic carbocycles. The molecule has 0 aliphatic heterocycles. The normalized spacial score (nSPS) is 14.2. The average molecular weight is 227 g/mol. The Kier molecular flexibility index (Phi) is 4.36. The van der Waals surface area contributed by atoms with E-state index < -0.39 is 24.8 Å². The van der Waals surface area contributed by atoms with Gasteiger partial charge in [-0.3, -0.25) is 4.98 Å². The van der Waals surface area contributed by atoms with Gasteiger partial charge in [-0.1, -0.05) is 0 Å². The Bertz CT molecular complexity index is 368. The summed E-state index contributed by atoms with van der Waals surface area (Å²) < 4.78 is 4.52. The second-order valence-corrected chi connectivity index (χ2v) is 3.15. The molecule has 0 fully saturated rings. The molecule has 16 heavy (non-hydrogen) atoms. The van der Waals surface area contributed by atoms with Crippen LogP contribution in [-0.2, 0) is 4.74 Å². The number of esters is 1. The highest BCUT2D eigenvalue weighted by Crippen LogP contribution is 2.20. The summed E-state index contributed by atoms with van der Waals surface area (Å²) >= 11 is 0. The molecule has 2 atom stereocenters. The van der Waals surface area contributed by atoms with E-state index in [-0.39, 0.29) is 11.1 Å². The van der Waals surface area contributed by atoms with Gasteiger partial charge in [0, 0.05) is 18.0 Å². The van der Waals surface area contributed by atoms with Crippen molar-refractivity contribution in [1.29, 1.82) is 0 Å². The molecule has 6 heteroatoms. The first-order chi connectivity index (χ1) is 7.61. The van der Waals surface area contributed by atoms with Gasteiger partial charge < -0.3 is 20.1 Å². The zero-order chi connectivity index (χ0) is 12.1. The number of hydrogen-bond acceptors (Lipinski definition) is 6. The molecule has 0 amide bonds. The molecule has 0 saturated heterocycles. The minimum Gasteiger partial charge on any atom is -0.465 e. The Morgan fingerprint density at radius 1 is 1.56 bits per heavy atom. The topological polar surface area (TPSA) is 99.9 Å². The lowest BCUT2D eigenvalue weighted by atomic mass is 10.0. The maximum atomic E-state index is 11.3. The first-order valence-corrected chi connectivity index (χ1v) is 4.61. The van der Waals surface area contributed by atoms with Gasteiger partial charge in [-0.25, -0.2) is 4.79 Å². The Morgan fingerprint density at radius 3 is 2.81 bits per heavy atom. The van der Waals surface area contributed by atoms with Gasteiger partial charge in [-0.15, -0.1) is 0 Å². The number of hydrogen-bond donors (Lipinski definition) is 3. The van der Waals surface area contributed by atoms with Crippen molar-refractivity contribution < 1.29 is 24.9 Å². The average Bonchev–Trinajstić information content (AvgIpc) is 2.35. The number of nitrogens with zero attached hydrogens (tertiary/aromatic N) is 1. The molecule has 0 radical (unpaired) electrons. The third-order valence-corrected chi connectivity index (χ3v) is 2.13. The summed E-state index contributed by atoms with van der Waals surface area (Å²) in [7, 11) is 1.21. The molecule has 1 aromatic heterocycles. The number of ether oxygens (including phenoxy) is 1. The number of carbonyl (C=O) groups excluding carboxylic acids is 1. The van der Waals surface area contributed by atoms with E-state index in [1.165, 1.54) is 25.6 Å². The lowest BCUT2D eigenvalue weighted by Crippen LogP contribution is -2.24. The largest absolute Gasteiger partial charge is 0.465 e. The second-order valence-electron chi connectivity index (χ2n) is 3.15. The van der Waals surface area contributed by atoms with Gasteiger partial charge in [0.15, 0.2) is 0 Å². The van der Waals surface area contributed by atoms with E-state index in [1.54, 1.807) is 0 Å². The summed E-state index contributed by atoms with van der Waals surface area (Å²) in [6.07, 6.45) is -0.135. The van der Waals surface area contributed by atoms with Crippen LogP contribution in [-0.4, -0.2) is 46.1 Å². The molecule has 0 saturated carbocycles. The van der Waals surface area contributed by atoms with Gasteiger partial charge >= 0.3 is 5.97 Å². The van der Waals surface area contributed by atoms with Crippen molar-refractivity contribution in [3.63, 3.8) is 0 Å². The zero-order valence-electron chi connectivity index (χ0n) is 8.70. The Hall–Kier alpha value is -1.50. The first-order valence-electron chi connectivity index (χ1n) is 4.61. The molecule has 0 aromatic carbocycles. The van der Waals surface area contributed by atoms with Gasteiger partial charge in [0.05, 0.1) is 19.3 Å². The van der Waals surface area contributed by atoms with Gasteiger partial charge in [-0.05, 0) is 6.07 Å². The molecule has 2 unspecified atom stereocenters. The lowest BCUT2D eigenvalue weighted by Gasteiger charge is -2.17. The zero-order valence-corrected chi connectivity index (χ0v) is 8.70. The van der Waals surface area contributed by atoms with Crippen molar-refractivity contribution in [2.24, 2.45) is 0 Å². The monoisotopic (exact) mass is 227 g/mol. The van der Waals surface area contributed by atoms with Gasteiger partial charge in [0.1, 0.15) is 12.2 Å². The summed E-state index contributed by atoms with van der Waals surface area (Å²) in [5.74, 6) is -0.637. The van der Waals surface area contributed by atoms with Gasteiger partial charge in [-0.2, -0.15) is 0 Å². The third-order valence-electron chi connectivity index (χ3n) is 2.13. The second kappa shape index (κ2) is 5.55. The van der Waals surface area contributed by atoms with Crippen LogP contribution >= 0.6 is 0 Å². The maximum absolute atomic E-state index is 11.3. The number of pyridine rings is 1. The summed E-state index contributed by atoms with van der Waals surface area (Å²) in [5.41, 5.74) is 0.230. The highest BCUT2D eigenvalue weighted by molar-refractivity contribution is 5.90. The number of rotatable bonds is 4. The van der Waals surface area contributed by atoms with Crippen LogP contribution in [0.4, 0.5) is 0 Å². The SMILES string of the molecule is COC(=O)c1ccncc1C(O)C(O)CO. The van der Waals surface area contributed by atoms with E-state index in [0.717, 1.165) is 0 Å². The van der Waals surface area contributed by atoms with E-state index >= 15 is 0 Å². The molecule has 1 heterocycles. The summed E-state index contributed by atoms with van der Waals surface area (Å²) in [6, 6.07) is 1.37. The molecule has 0 aliphatic rings. The van der Waals surface area contributed by atoms with Crippen LogP contribution in [0.15, 0.2) is 18.5 Å². The van der Waals surface area contributed by atoms with E-state index in [0.29, 0.717) is 0 Å². The molecule has 1 rings (SSSR count). The fraction of sp³-hybridized carbons (Fsp3) is 0.400. The maximum Gasteiger partial charge on any atom is 0.338 e. The molecule has 3 N–H and O–H groups in total. The molecular formula is C10H13NO5. The molecule has 1 aromatic rings. The fourth-order valence-corrected chi connectivity index (χ4v) is 1.25. The number of aliphatic hydroxyl groups is 3. The van der Waals surface area contributed by atoms with Crippen molar-refractivity contribution >= 4 is 5.97 Å². The molecule has 6 nitrogen and oxygen atoms in total. The highest BCUT2D eigenvalue weighted by Gasteiger charge is 2.23. The number of methoxy groups -OCH3 is 1. The van der Waals surface area contributed by atoms with Crippen molar-refractivity contribution in [2.75, 3.05) is 13.7 Å². The Labute approximate surface area is 92.1 Å². The molecule has 0 bridgehead atoms. The van der Waals surface area contributed by atoms with E-state index in [2.05, 4.69) is 9.72 Å². The van der Waals surface area contributed by atoms with Crippen LogP contribution in [0, 0.1) is 0 Å². The van der Waals surface area contributed by atoms with Crippen molar-refractivity contribution in [3.05, 3.63) is 29.6 Å². The number of carbonyl (C=O) groups is 1. The van der Waals surface area contributed by atoms with Crippen molar-refractivity contribution in [3.8, 4) is 0 Å². The van der Waals surface area contributed by atoms with Gasteiger partial charge in [0.25, 0.3) is 0 Å². The number of aliphatic hydroxyl groups excluding tert-OH is 3. The van der Waals surface area contributed by atoms with Gasteiger partial charge in [0.2, 0.25) is 0 Å². The summed E-state index contributed by atoms with van der Waals surface area (Å²) in [4.78, 5) is 15.1. The third kappa shape index (κ3) is 2.54. The molecule has 88 valence electrons. The smallest absolute Gasteiger partial charge is 0.338 e. The van der Waals surface area contributed by atoms with Crippen molar-refractivity contribution in [1.82, 2.24) is 4.98 Å². The summed E-state index contributed by atoms with van der Waals surface area (Å²) in [6.45, 7) is -0.614. The predicted molar refractivity (Wildman–Crippen MR) is 53.6 cm³/mol. The van der Waals surface area contributed by atoms with Crippen LogP contribution in [0.1, 0.15) is 22.0 Å². The Morgan fingerprint density at radius 2 is 2.25 bits per heavy atom. The Balaban J connectivity index is 3.08. The quantitative estimate of drug-likeness (QED) is 0.585. The summed E-state index contributed by atoms with van der Waals surface area (Å²) in [5, 5.41) is 27.6.